The molecule has 1 N–H and O–H groups in total. The number of hydrogen-bond donors (Lipinski definition) is 1. The number of hydrogen-bond acceptors (Lipinski definition) is 4. The van der Waals surface area contributed by atoms with Gasteiger partial charge in [-0.15, -0.1) is 0 Å². The van der Waals surface area contributed by atoms with Crippen LogP contribution in [0, 0.1) is 5.92 Å². The van der Waals surface area contributed by atoms with Gasteiger partial charge in [0.25, 0.3) is 0 Å². The molecule has 0 spiro atoms. The van der Waals surface area contributed by atoms with E-state index in [2.05, 4.69) is 0 Å². The van der Waals surface area contributed by atoms with Crippen LogP contribution in [0.4, 0.5) is 4.79 Å². The second-order valence-corrected chi connectivity index (χ2v) is 6.79. The maximum absolute atomic E-state index is 12.4. The van der Waals surface area contributed by atoms with E-state index in [1.54, 1.807) is 11.8 Å². The highest BCUT2D eigenvalue weighted by Gasteiger charge is 2.38. The quantitative estimate of drug-likeness (QED) is 0.827. The van der Waals surface area contributed by atoms with Crippen molar-refractivity contribution in [1.29, 1.82) is 0 Å². The smallest absolute Gasteiger partial charge is 0.410 e. The number of benzene rings is 1. The van der Waals surface area contributed by atoms with Crippen molar-refractivity contribution in [3.05, 3.63) is 35.9 Å². The van der Waals surface area contributed by atoms with Gasteiger partial charge in [0.1, 0.15) is 12.6 Å². The molecule has 5 nitrogen and oxygen atoms in total. The van der Waals surface area contributed by atoms with Gasteiger partial charge in [-0.1, -0.05) is 37.3 Å². The van der Waals surface area contributed by atoms with E-state index in [0.717, 1.165) is 23.5 Å². The molecule has 0 aliphatic carbocycles. The second kappa shape index (κ2) is 8.82. The standard InChI is InChI=1S/C17H23NO4S/c1-2-9-18(15(16(19)20)14-8-10-23-12-14)17(21)22-11-13-6-4-3-5-7-13/h3-7,14-15H,2,8-12H2,1H3,(H,19,20). The molecule has 1 heterocycles. The van der Waals surface area contributed by atoms with Crippen LogP contribution >= 0.6 is 11.8 Å². The van der Waals surface area contributed by atoms with Crippen molar-refractivity contribution >= 4 is 23.8 Å². The minimum absolute atomic E-state index is 0.00618. The molecule has 1 aromatic rings. The summed E-state index contributed by atoms with van der Waals surface area (Å²) in [6.45, 7) is 2.48. The molecular weight excluding hydrogens is 314 g/mol. The molecule has 0 radical (unpaired) electrons. The number of ether oxygens (including phenoxy) is 1. The number of nitrogens with zero attached hydrogens (tertiary/aromatic N) is 1. The molecule has 1 aliphatic rings. The predicted octanol–water partition coefficient (Wildman–Crippen LogP) is 3.24. The van der Waals surface area contributed by atoms with E-state index in [0.29, 0.717) is 13.0 Å². The van der Waals surface area contributed by atoms with Gasteiger partial charge in [0.15, 0.2) is 0 Å². The Hall–Kier alpha value is -1.69. The number of rotatable bonds is 7. The molecule has 2 rings (SSSR count). The monoisotopic (exact) mass is 337 g/mol. The van der Waals surface area contributed by atoms with Gasteiger partial charge in [-0.25, -0.2) is 9.59 Å². The molecule has 1 amide bonds. The number of thioether (sulfide) groups is 1. The summed E-state index contributed by atoms with van der Waals surface area (Å²) in [4.78, 5) is 25.6. The topological polar surface area (TPSA) is 66.8 Å². The largest absolute Gasteiger partial charge is 0.480 e. The maximum atomic E-state index is 12.4. The lowest BCUT2D eigenvalue weighted by molar-refractivity contribution is -0.144. The van der Waals surface area contributed by atoms with Crippen LogP contribution in [0.5, 0.6) is 0 Å². The summed E-state index contributed by atoms with van der Waals surface area (Å²) in [6, 6.07) is 8.60. The third-order valence-corrected chi connectivity index (χ3v) is 5.09. The molecule has 0 aromatic heterocycles. The Morgan fingerprint density at radius 3 is 2.70 bits per heavy atom. The lowest BCUT2D eigenvalue weighted by atomic mass is 9.98. The highest BCUT2D eigenvalue weighted by atomic mass is 32.2. The van der Waals surface area contributed by atoms with Crippen LogP contribution in [0.3, 0.4) is 0 Å². The van der Waals surface area contributed by atoms with Gasteiger partial charge in [0.05, 0.1) is 0 Å². The molecule has 23 heavy (non-hydrogen) atoms. The molecule has 6 heteroatoms. The normalized spacial score (nSPS) is 18.4. The van der Waals surface area contributed by atoms with Gasteiger partial charge in [-0.3, -0.25) is 4.90 Å². The third-order valence-electron chi connectivity index (χ3n) is 3.90. The molecule has 0 saturated carbocycles. The molecule has 0 bridgehead atoms. The number of carboxylic acid groups (broad SMARTS) is 1. The first-order valence-electron chi connectivity index (χ1n) is 7.91. The zero-order valence-corrected chi connectivity index (χ0v) is 14.1. The van der Waals surface area contributed by atoms with Crippen LogP contribution in [0.1, 0.15) is 25.3 Å². The number of amides is 1. The zero-order valence-electron chi connectivity index (χ0n) is 13.3. The first-order valence-corrected chi connectivity index (χ1v) is 9.06. The Labute approximate surface area is 141 Å². The molecule has 2 unspecified atom stereocenters. The average Bonchev–Trinajstić information content (AvgIpc) is 3.07. The fourth-order valence-corrected chi connectivity index (χ4v) is 4.07. The van der Waals surface area contributed by atoms with Crippen molar-refractivity contribution in [2.24, 2.45) is 5.92 Å². The van der Waals surface area contributed by atoms with E-state index in [9.17, 15) is 14.7 Å². The van der Waals surface area contributed by atoms with E-state index in [1.807, 2.05) is 37.3 Å². The van der Waals surface area contributed by atoms with Crippen LogP contribution in [-0.4, -0.2) is 46.2 Å². The zero-order chi connectivity index (χ0) is 16.7. The minimum Gasteiger partial charge on any atom is -0.480 e. The van der Waals surface area contributed by atoms with E-state index in [1.165, 1.54) is 4.90 Å². The average molecular weight is 337 g/mol. The number of carboxylic acids is 1. The fourth-order valence-electron chi connectivity index (χ4n) is 2.78. The third kappa shape index (κ3) is 4.89. The van der Waals surface area contributed by atoms with E-state index >= 15 is 0 Å². The first kappa shape index (κ1) is 17.7. The highest BCUT2D eigenvalue weighted by molar-refractivity contribution is 7.99. The molecule has 1 saturated heterocycles. The number of carbonyl (C=O) groups excluding carboxylic acids is 1. The summed E-state index contributed by atoms with van der Waals surface area (Å²) in [5.74, 6) is 0.785. The second-order valence-electron chi connectivity index (χ2n) is 5.64. The first-order chi connectivity index (χ1) is 11.1. The molecule has 2 atom stereocenters. The Bertz CT molecular complexity index is 517. The van der Waals surface area contributed by atoms with Crippen LogP contribution in [0.2, 0.25) is 0 Å². The van der Waals surface area contributed by atoms with E-state index in [4.69, 9.17) is 4.74 Å². The maximum Gasteiger partial charge on any atom is 0.410 e. The van der Waals surface area contributed by atoms with Crippen LogP contribution in [-0.2, 0) is 16.1 Å². The van der Waals surface area contributed by atoms with Crippen molar-refractivity contribution < 1.29 is 19.4 Å². The van der Waals surface area contributed by atoms with Gasteiger partial charge in [-0.05, 0) is 29.9 Å². The van der Waals surface area contributed by atoms with Gasteiger partial charge >= 0.3 is 12.1 Å². The lowest BCUT2D eigenvalue weighted by Gasteiger charge is -2.31. The summed E-state index contributed by atoms with van der Waals surface area (Å²) in [5, 5.41) is 9.61. The van der Waals surface area contributed by atoms with Crippen LogP contribution < -0.4 is 0 Å². The van der Waals surface area contributed by atoms with E-state index in [-0.39, 0.29) is 12.5 Å². The Morgan fingerprint density at radius 2 is 2.13 bits per heavy atom. The molecule has 1 fully saturated rings. The Kier molecular flexibility index (Phi) is 6.77. The van der Waals surface area contributed by atoms with Crippen LogP contribution in [0.25, 0.3) is 0 Å². The van der Waals surface area contributed by atoms with Gasteiger partial charge in [0, 0.05) is 12.5 Å². The number of aliphatic carboxylic acids is 1. The van der Waals surface area contributed by atoms with Gasteiger partial charge in [-0.2, -0.15) is 11.8 Å². The molecule has 126 valence electrons. The van der Waals surface area contributed by atoms with Crippen molar-refractivity contribution in [3.8, 4) is 0 Å². The van der Waals surface area contributed by atoms with E-state index < -0.39 is 18.1 Å². The summed E-state index contributed by atoms with van der Waals surface area (Å²) in [6.07, 6.45) is 0.984. The molecule has 1 aliphatic heterocycles. The Balaban J connectivity index is 2.05. The lowest BCUT2D eigenvalue weighted by Crippen LogP contribution is -2.50. The molecule has 1 aromatic carbocycles. The van der Waals surface area contributed by atoms with Crippen molar-refractivity contribution in [2.75, 3.05) is 18.1 Å². The highest BCUT2D eigenvalue weighted by Crippen LogP contribution is 2.29. The summed E-state index contributed by atoms with van der Waals surface area (Å²) >= 11 is 1.74. The van der Waals surface area contributed by atoms with Crippen molar-refractivity contribution in [3.63, 3.8) is 0 Å². The summed E-state index contributed by atoms with van der Waals surface area (Å²) in [5.41, 5.74) is 0.889. The summed E-state index contributed by atoms with van der Waals surface area (Å²) < 4.78 is 5.35. The number of carbonyl (C=O) groups is 2. The van der Waals surface area contributed by atoms with Crippen molar-refractivity contribution in [1.82, 2.24) is 4.90 Å². The summed E-state index contributed by atoms with van der Waals surface area (Å²) in [7, 11) is 0. The van der Waals surface area contributed by atoms with Crippen molar-refractivity contribution in [2.45, 2.75) is 32.4 Å². The predicted molar refractivity (Wildman–Crippen MR) is 90.5 cm³/mol. The van der Waals surface area contributed by atoms with Crippen LogP contribution in [0.15, 0.2) is 30.3 Å². The van der Waals surface area contributed by atoms with Gasteiger partial charge in [0.2, 0.25) is 0 Å². The minimum atomic E-state index is -0.942. The SMILES string of the molecule is CCCN(C(=O)OCc1ccccc1)C(C(=O)O)C1CCSC1. The molecular formula is C17H23NO4S. The Morgan fingerprint density at radius 1 is 1.39 bits per heavy atom. The fraction of sp³-hybridized carbons (Fsp3) is 0.529. The van der Waals surface area contributed by atoms with Gasteiger partial charge < -0.3 is 9.84 Å².